The van der Waals surface area contributed by atoms with Gasteiger partial charge in [0.15, 0.2) is 11.5 Å². The Hall–Kier alpha value is -3.10. The number of nitrogens with one attached hydrogen (secondary N) is 2. The van der Waals surface area contributed by atoms with Crippen molar-refractivity contribution < 1.29 is 32.2 Å². The molecular weight excluding hydrogens is 365 g/mol. The van der Waals surface area contributed by atoms with Gasteiger partial charge in [0.05, 0.1) is 14.2 Å². The number of carbonyl (C=O) groups excluding carboxylic acids is 1. The van der Waals surface area contributed by atoms with Crippen LogP contribution in [0.15, 0.2) is 42.5 Å². The molecule has 0 aliphatic rings. The number of ether oxygens (including phenoxy) is 3. The highest BCUT2D eigenvalue weighted by Gasteiger charge is 2.31. The van der Waals surface area contributed by atoms with Crippen molar-refractivity contribution in [2.45, 2.75) is 19.3 Å². The molecule has 0 heterocycles. The molecule has 1 unspecified atom stereocenters. The Morgan fingerprint density at radius 2 is 1.56 bits per heavy atom. The van der Waals surface area contributed by atoms with Crippen LogP contribution in [0.4, 0.5) is 24.5 Å². The van der Waals surface area contributed by atoms with E-state index < -0.39 is 12.4 Å². The molecule has 0 aliphatic carbocycles. The van der Waals surface area contributed by atoms with Gasteiger partial charge in [-0.3, -0.25) is 4.79 Å². The predicted octanol–water partition coefficient (Wildman–Crippen LogP) is 4.04. The molecule has 2 rings (SSSR count). The van der Waals surface area contributed by atoms with Crippen molar-refractivity contribution in [3.05, 3.63) is 42.5 Å². The largest absolute Gasteiger partial charge is 0.573 e. The van der Waals surface area contributed by atoms with Crippen molar-refractivity contribution in [3.8, 4) is 17.2 Å². The Balaban J connectivity index is 1.97. The van der Waals surface area contributed by atoms with Crippen LogP contribution >= 0.6 is 0 Å². The third kappa shape index (κ3) is 5.98. The number of amides is 1. The summed E-state index contributed by atoms with van der Waals surface area (Å²) >= 11 is 0. The average molecular weight is 384 g/mol. The number of alkyl halides is 3. The van der Waals surface area contributed by atoms with E-state index in [1.54, 1.807) is 25.1 Å². The van der Waals surface area contributed by atoms with E-state index >= 15 is 0 Å². The highest BCUT2D eigenvalue weighted by Crippen LogP contribution is 2.30. The number of hydrogen-bond acceptors (Lipinski definition) is 5. The fourth-order valence-electron chi connectivity index (χ4n) is 2.23. The number of benzene rings is 2. The van der Waals surface area contributed by atoms with E-state index in [4.69, 9.17) is 9.47 Å². The molecule has 0 saturated carbocycles. The number of methoxy groups -OCH3 is 2. The van der Waals surface area contributed by atoms with E-state index in [0.29, 0.717) is 22.9 Å². The minimum atomic E-state index is -4.76. The maximum Gasteiger partial charge on any atom is 0.573 e. The van der Waals surface area contributed by atoms with Crippen LogP contribution < -0.4 is 24.8 Å². The van der Waals surface area contributed by atoms with Crippen LogP contribution in [0.5, 0.6) is 17.2 Å². The van der Waals surface area contributed by atoms with E-state index in [-0.39, 0.29) is 11.7 Å². The summed E-state index contributed by atoms with van der Waals surface area (Å²) in [6.45, 7) is 1.65. The maximum absolute atomic E-state index is 12.3. The smallest absolute Gasteiger partial charge is 0.493 e. The van der Waals surface area contributed by atoms with E-state index in [0.717, 1.165) is 12.1 Å². The van der Waals surface area contributed by atoms with Gasteiger partial charge < -0.3 is 24.8 Å². The van der Waals surface area contributed by atoms with E-state index in [9.17, 15) is 18.0 Å². The van der Waals surface area contributed by atoms with Gasteiger partial charge in [-0.1, -0.05) is 0 Å². The van der Waals surface area contributed by atoms with Gasteiger partial charge in [0.2, 0.25) is 5.91 Å². The van der Waals surface area contributed by atoms with Gasteiger partial charge in [-0.2, -0.15) is 0 Å². The van der Waals surface area contributed by atoms with Crippen LogP contribution in [0, 0.1) is 0 Å². The molecule has 1 atom stereocenters. The standard InChI is InChI=1S/C18H19F3N2O4/c1-11(22-13-6-9-15(25-2)16(10-13)26-3)17(24)23-12-4-7-14(8-5-12)27-18(19,20)21/h4-11,22H,1-3H3,(H,23,24). The number of carbonyl (C=O) groups is 1. The van der Waals surface area contributed by atoms with Crippen molar-refractivity contribution in [3.63, 3.8) is 0 Å². The minimum absolute atomic E-state index is 0.343. The molecule has 146 valence electrons. The second-order valence-electron chi connectivity index (χ2n) is 5.50. The van der Waals surface area contributed by atoms with Crippen LogP contribution in [-0.4, -0.2) is 32.5 Å². The zero-order valence-electron chi connectivity index (χ0n) is 14.9. The summed E-state index contributed by atoms with van der Waals surface area (Å²) < 4.78 is 50.6. The van der Waals surface area contributed by atoms with Crippen molar-refractivity contribution in [1.29, 1.82) is 0 Å². The molecule has 1 amide bonds. The third-order valence-electron chi connectivity index (χ3n) is 3.52. The Labute approximate surface area is 154 Å². The number of halogens is 3. The highest BCUT2D eigenvalue weighted by atomic mass is 19.4. The van der Waals surface area contributed by atoms with Crippen LogP contribution in [0.25, 0.3) is 0 Å². The topological polar surface area (TPSA) is 68.8 Å². The molecule has 6 nitrogen and oxygen atoms in total. The van der Waals surface area contributed by atoms with Crippen molar-refractivity contribution in [1.82, 2.24) is 0 Å². The van der Waals surface area contributed by atoms with Gasteiger partial charge in [0, 0.05) is 17.4 Å². The van der Waals surface area contributed by atoms with E-state index in [1.807, 2.05) is 0 Å². The first kappa shape index (κ1) is 20.2. The summed E-state index contributed by atoms with van der Waals surface area (Å²) in [6.07, 6.45) is -4.76. The molecule has 0 spiro atoms. The molecule has 0 aliphatic heterocycles. The molecule has 0 fully saturated rings. The average Bonchev–Trinajstić information content (AvgIpc) is 2.61. The summed E-state index contributed by atoms with van der Waals surface area (Å²) in [5, 5.41) is 5.62. The first-order valence-corrected chi connectivity index (χ1v) is 7.87. The van der Waals surface area contributed by atoms with Crippen molar-refractivity contribution >= 4 is 17.3 Å². The molecule has 0 bridgehead atoms. The predicted molar refractivity (Wildman–Crippen MR) is 94.4 cm³/mol. The lowest BCUT2D eigenvalue weighted by Crippen LogP contribution is -2.31. The maximum atomic E-state index is 12.3. The highest BCUT2D eigenvalue weighted by molar-refractivity contribution is 5.96. The molecular formula is C18H19F3N2O4. The summed E-state index contributed by atoms with van der Waals surface area (Å²) in [5.41, 5.74) is 0.986. The molecule has 2 aromatic rings. The first-order chi connectivity index (χ1) is 12.7. The Morgan fingerprint density at radius 3 is 2.11 bits per heavy atom. The van der Waals surface area contributed by atoms with Crippen LogP contribution in [0.3, 0.4) is 0 Å². The summed E-state index contributed by atoms with van der Waals surface area (Å²) in [4.78, 5) is 12.3. The molecule has 0 radical (unpaired) electrons. The summed E-state index contributed by atoms with van der Waals surface area (Å²) in [6, 6.07) is 9.38. The zero-order chi connectivity index (χ0) is 20.0. The fraction of sp³-hybridized carbons (Fsp3) is 0.278. The fourth-order valence-corrected chi connectivity index (χ4v) is 2.23. The zero-order valence-corrected chi connectivity index (χ0v) is 14.9. The lowest BCUT2D eigenvalue weighted by molar-refractivity contribution is -0.274. The Bertz CT molecular complexity index is 779. The quantitative estimate of drug-likeness (QED) is 0.754. The van der Waals surface area contributed by atoms with Gasteiger partial charge >= 0.3 is 6.36 Å². The van der Waals surface area contributed by atoms with E-state index in [2.05, 4.69) is 15.4 Å². The lowest BCUT2D eigenvalue weighted by Gasteiger charge is -2.17. The van der Waals surface area contributed by atoms with Crippen LogP contribution in [-0.2, 0) is 4.79 Å². The van der Waals surface area contributed by atoms with Crippen LogP contribution in [0.1, 0.15) is 6.92 Å². The second-order valence-corrected chi connectivity index (χ2v) is 5.50. The Kier molecular flexibility index (Phi) is 6.38. The van der Waals surface area contributed by atoms with Gasteiger partial charge in [0.25, 0.3) is 0 Å². The lowest BCUT2D eigenvalue weighted by atomic mass is 10.2. The van der Waals surface area contributed by atoms with Gasteiger partial charge in [-0.15, -0.1) is 13.2 Å². The van der Waals surface area contributed by atoms with Crippen LogP contribution in [0.2, 0.25) is 0 Å². The number of hydrogen-bond donors (Lipinski definition) is 2. The molecule has 0 saturated heterocycles. The Morgan fingerprint density at radius 1 is 0.963 bits per heavy atom. The monoisotopic (exact) mass is 384 g/mol. The van der Waals surface area contributed by atoms with Gasteiger partial charge in [-0.05, 0) is 43.3 Å². The normalized spacial score (nSPS) is 12.1. The SMILES string of the molecule is COc1ccc(NC(C)C(=O)Nc2ccc(OC(F)(F)F)cc2)cc1OC. The minimum Gasteiger partial charge on any atom is -0.493 e. The summed E-state index contributed by atoms with van der Waals surface area (Å²) in [7, 11) is 3.02. The molecule has 0 aromatic heterocycles. The number of rotatable bonds is 7. The van der Waals surface area contributed by atoms with Gasteiger partial charge in [-0.25, -0.2) is 0 Å². The molecule has 27 heavy (non-hydrogen) atoms. The first-order valence-electron chi connectivity index (χ1n) is 7.87. The van der Waals surface area contributed by atoms with Gasteiger partial charge in [0.1, 0.15) is 11.8 Å². The number of anilines is 2. The third-order valence-corrected chi connectivity index (χ3v) is 3.52. The molecule has 9 heteroatoms. The van der Waals surface area contributed by atoms with E-state index in [1.165, 1.54) is 26.4 Å². The van der Waals surface area contributed by atoms with Crippen molar-refractivity contribution in [2.24, 2.45) is 0 Å². The summed E-state index contributed by atoms with van der Waals surface area (Å²) in [5.74, 6) is 0.336. The molecule has 2 N–H and O–H groups in total. The van der Waals surface area contributed by atoms with Crippen molar-refractivity contribution in [2.75, 3.05) is 24.9 Å². The molecule has 2 aromatic carbocycles. The second kappa shape index (κ2) is 8.52.